The van der Waals surface area contributed by atoms with Gasteiger partial charge in [0.05, 0.1) is 19.9 Å². The molecule has 0 radical (unpaired) electrons. The second kappa shape index (κ2) is 4.87. The molecular formula is C12H11FN2O3. The van der Waals surface area contributed by atoms with Crippen LogP contribution < -0.4 is 4.74 Å². The van der Waals surface area contributed by atoms with Gasteiger partial charge < -0.3 is 9.47 Å². The lowest BCUT2D eigenvalue weighted by atomic mass is 10.1. The van der Waals surface area contributed by atoms with E-state index in [2.05, 4.69) is 14.9 Å². The number of carbonyl (C=O) groups excluding carboxylic acids is 1. The van der Waals surface area contributed by atoms with E-state index in [1.807, 2.05) is 0 Å². The largest absolute Gasteiger partial charge is 0.494 e. The molecule has 0 aliphatic heterocycles. The SMILES string of the molecule is COC(=O)c1cc(-c2ccc(F)c(OC)c2)n[nH]1. The fourth-order valence-electron chi connectivity index (χ4n) is 1.50. The maximum absolute atomic E-state index is 13.2. The Bertz CT molecular complexity index is 580. The molecule has 1 N–H and O–H groups in total. The van der Waals surface area contributed by atoms with Crippen molar-refractivity contribution >= 4 is 5.97 Å². The van der Waals surface area contributed by atoms with E-state index in [0.717, 1.165) is 0 Å². The Balaban J connectivity index is 2.37. The maximum Gasteiger partial charge on any atom is 0.356 e. The molecule has 0 aliphatic carbocycles. The minimum absolute atomic E-state index is 0.120. The van der Waals surface area contributed by atoms with Gasteiger partial charge in [0.25, 0.3) is 0 Å². The summed E-state index contributed by atoms with van der Waals surface area (Å²) in [6.07, 6.45) is 0. The van der Waals surface area contributed by atoms with Crippen molar-refractivity contribution in [2.45, 2.75) is 0 Å². The van der Waals surface area contributed by atoms with E-state index in [0.29, 0.717) is 11.3 Å². The predicted molar refractivity (Wildman–Crippen MR) is 61.9 cm³/mol. The maximum atomic E-state index is 13.2. The first-order chi connectivity index (χ1) is 8.65. The standard InChI is InChI=1S/C12H11FN2O3/c1-17-11-5-7(3-4-8(11)13)9-6-10(15-14-9)12(16)18-2/h3-6H,1-2H3,(H,14,15). The van der Waals surface area contributed by atoms with Gasteiger partial charge in [0, 0.05) is 5.56 Å². The van der Waals surface area contributed by atoms with Crippen molar-refractivity contribution in [2.75, 3.05) is 14.2 Å². The number of hydrogen-bond acceptors (Lipinski definition) is 4. The number of aromatic nitrogens is 2. The summed E-state index contributed by atoms with van der Waals surface area (Å²) in [5, 5.41) is 6.50. The third-order valence-corrected chi connectivity index (χ3v) is 2.43. The lowest BCUT2D eigenvalue weighted by molar-refractivity contribution is 0.0594. The average Bonchev–Trinajstić information content (AvgIpc) is 2.88. The quantitative estimate of drug-likeness (QED) is 0.846. The van der Waals surface area contributed by atoms with Crippen LogP contribution in [-0.2, 0) is 4.74 Å². The minimum atomic E-state index is -0.511. The van der Waals surface area contributed by atoms with Gasteiger partial charge in [-0.05, 0) is 24.3 Å². The molecule has 1 aromatic heterocycles. The van der Waals surface area contributed by atoms with Crippen molar-refractivity contribution in [2.24, 2.45) is 0 Å². The Hall–Kier alpha value is -2.37. The molecule has 1 heterocycles. The van der Waals surface area contributed by atoms with Crippen LogP contribution in [0.2, 0.25) is 0 Å². The molecule has 6 heteroatoms. The minimum Gasteiger partial charge on any atom is -0.494 e. The number of rotatable bonds is 3. The average molecular weight is 250 g/mol. The molecule has 0 saturated carbocycles. The Kier molecular flexibility index (Phi) is 3.27. The molecule has 0 bridgehead atoms. The van der Waals surface area contributed by atoms with Crippen LogP contribution >= 0.6 is 0 Å². The lowest BCUT2D eigenvalue weighted by Gasteiger charge is -2.03. The van der Waals surface area contributed by atoms with E-state index < -0.39 is 11.8 Å². The normalized spacial score (nSPS) is 10.2. The highest BCUT2D eigenvalue weighted by Gasteiger charge is 2.12. The summed E-state index contributed by atoms with van der Waals surface area (Å²) >= 11 is 0. The van der Waals surface area contributed by atoms with Gasteiger partial charge in [0.2, 0.25) is 0 Å². The molecule has 5 nitrogen and oxygen atoms in total. The van der Waals surface area contributed by atoms with Crippen LogP contribution in [0.4, 0.5) is 4.39 Å². The van der Waals surface area contributed by atoms with Crippen LogP contribution in [0.25, 0.3) is 11.3 Å². The molecule has 1 aromatic carbocycles. The van der Waals surface area contributed by atoms with E-state index >= 15 is 0 Å². The van der Waals surface area contributed by atoms with Crippen molar-refractivity contribution in [3.05, 3.63) is 35.8 Å². The number of nitrogens with one attached hydrogen (secondary N) is 1. The van der Waals surface area contributed by atoms with Crippen LogP contribution in [0.1, 0.15) is 10.5 Å². The highest BCUT2D eigenvalue weighted by molar-refractivity contribution is 5.88. The van der Waals surface area contributed by atoms with Gasteiger partial charge in [-0.2, -0.15) is 5.10 Å². The molecule has 0 unspecified atom stereocenters. The molecule has 2 aromatic rings. The lowest BCUT2D eigenvalue weighted by Crippen LogP contribution is -2.00. The number of methoxy groups -OCH3 is 2. The van der Waals surface area contributed by atoms with Crippen LogP contribution in [0.3, 0.4) is 0 Å². The van der Waals surface area contributed by atoms with Gasteiger partial charge in [0.1, 0.15) is 5.69 Å². The molecule has 0 saturated heterocycles. The van der Waals surface area contributed by atoms with E-state index in [1.54, 1.807) is 6.07 Å². The topological polar surface area (TPSA) is 64.2 Å². The smallest absolute Gasteiger partial charge is 0.356 e. The summed E-state index contributed by atoms with van der Waals surface area (Å²) in [4.78, 5) is 11.3. The summed E-state index contributed by atoms with van der Waals surface area (Å²) < 4.78 is 22.7. The van der Waals surface area contributed by atoms with Crippen molar-refractivity contribution in [3.8, 4) is 17.0 Å². The van der Waals surface area contributed by atoms with Crippen molar-refractivity contribution in [1.29, 1.82) is 0 Å². The first-order valence-electron chi connectivity index (χ1n) is 5.13. The monoisotopic (exact) mass is 250 g/mol. The van der Waals surface area contributed by atoms with Crippen molar-refractivity contribution in [1.82, 2.24) is 10.2 Å². The van der Waals surface area contributed by atoms with Gasteiger partial charge in [-0.25, -0.2) is 9.18 Å². The molecule has 0 spiro atoms. The first kappa shape index (κ1) is 12.1. The highest BCUT2D eigenvalue weighted by Crippen LogP contribution is 2.25. The number of H-pyrrole nitrogens is 1. The Morgan fingerprint density at radius 3 is 2.78 bits per heavy atom. The van der Waals surface area contributed by atoms with Gasteiger partial charge in [-0.15, -0.1) is 0 Å². The molecule has 0 aliphatic rings. The van der Waals surface area contributed by atoms with Gasteiger partial charge in [-0.1, -0.05) is 0 Å². The Morgan fingerprint density at radius 2 is 2.11 bits per heavy atom. The zero-order valence-corrected chi connectivity index (χ0v) is 9.86. The Morgan fingerprint density at radius 1 is 1.33 bits per heavy atom. The first-order valence-corrected chi connectivity index (χ1v) is 5.13. The van der Waals surface area contributed by atoms with Crippen LogP contribution in [0.5, 0.6) is 5.75 Å². The van der Waals surface area contributed by atoms with Crippen molar-refractivity contribution < 1.29 is 18.7 Å². The van der Waals surface area contributed by atoms with E-state index in [9.17, 15) is 9.18 Å². The fourth-order valence-corrected chi connectivity index (χ4v) is 1.50. The van der Waals surface area contributed by atoms with Crippen LogP contribution in [0.15, 0.2) is 24.3 Å². The predicted octanol–water partition coefficient (Wildman–Crippen LogP) is 2.01. The highest BCUT2D eigenvalue weighted by atomic mass is 19.1. The van der Waals surface area contributed by atoms with Crippen LogP contribution in [0, 0.1) is 5.82 Å². The number of nitrogens with zero attached hydrogens (tertiary/aromatic N) is 1. The number of benzene rings is 1. The third kappa shape index (κ3) is 2.17. The third-order valence-electron chi connectivity index (χ3n) is 2.43. The molecule has 0 atom stereocenters. The molecule has 2 rings (SSSR count). The number of carbonyl (C=O) groups is 1. The second-order valence-corrected chi connectivity index (χ2v) is 3.51. The summed E-state index contributed by atoms with van der Waals surface area (Å²) in [5.74, 6) is -0.845. The number of ether oxygens (including phenoxy) is 2. The van der Waals surface area contributed by atoms with Gasteiger partial charge in [0.15, 0.2) is 11.6 Å². The molecule has 94 valence electrons. The van der Waals surface area contributed by atoms with Gasteiger partial charge in [-0.3, -0.25) is 5.10 Å². The van der Waals surface area contributed by atoms with Crippen molar-refractivity contribution in [3.63, 3.8) is 0 Å². The summed E-state index contributed by atoms with van der Waals surface area (Å²) in [6.45, 7) is 0. The Labute approximate surface area is 103 Å². The van der Waals surface area contributed by atoms with Gasteiger partial charge >= 0.3 is 5.97 Å². The summed E-state index contributed by atoms with van der Waals surface area (Å²) in [6, 6.07) is 5.86. The zero-order valence-electron chi connectivity index (χ0n) is 9.86. The summed E-state index contributed by atoms with van der Waals surface area (Å²) in [5.41, 5.74) is 1.38. The van der Waals surface area contributed by atoms with E-state index in [4.69, 9.17) is 4.74 Å². The fraction of sp³-hybridized carbons (Fsp3) is 0.167. The molecular weight excluding hydrogens is 239 g/mol. The second-order valence-electron chi connectivity index (χ2n) is 3.51. The molecule has 0 fully saturated rings. The number of halogens is 1. The number of esters is 1. The van der Waals surface area contributed by atoms with Crippen LogP contribution in [-0.4, -0.2) is 30.4 Å². The molecule has 18 heavy (non-hydrogen) atoms. The number of aromatic amines is 1. The van der Waals surface area contributed by atoms with E-state index in [1.165, 1.54) is 32.4 Å². The molecule has 0 amide bonds. The summed E-state index contributed by atoms with van der Waals surface area (Å²) in [7, 11) is 2.66. The van der Waals surface area contributed by atoms with E-state index in [-0.39, 0.29) is 11.4 Å². The zero-order chi connectivity index (χ0) is 13.1. The number of hydrogen-bond donors (Lipinski definition) is 1.